The van der Waals surface area contributed by atoms with Crippen LogP contribution in [0, 0.1) is 4.77 Å². The highest BCUT2D eigenvalue weighted by Gasteiger charge is 2.10. The molecule has 4 rings (SSSR count). The van der Waals surface area contributed by atoms with Crippen molar-refractivity contribution in [2.24, 2.45) is 5.10 Å². The second-order valence-electron chi connectivity index (χ2n) is 5.37. The first-order chi connectivity index (χ1) is 12.3. The van der Waals surface area contributed by atoms with E-state index in [1.165, 1.54) is 5.56 Å². The lowest BCUT2D eigenvalue weighted by molar-refractivity contribution is 0.573. The van der Waals surface area contributed by atoms with Crippen LogP contribution < -0.4 is 0 Å². The number of H-pyrrole nitrogens is 1. The maximum Gasteiger partial charge on any atom is 0.219 e. The van der Waals surface area contributed by atoms with Crippen molar-refractivity contribution in [2.45, 2.75) is 0 Å². The number of aromatic amines is 1. The fraction of sp³-hybridized carbons (Fsp3) is 0. The van der Waals surface area contributed by atoms with Crippen LogP contribution in [0.3, 0.4) is 0 Å². The summed E-state index contributed by atoms with van der Waals surface area (Å²) in [5.41, 5.74) is 3.31. The van der Waals surface area contributed by atoms with Crippen LogP contribution in [-0.2, 0) is 0 Å². The summed E-state index contributed by atoms with van der Waals surface area (Å²) >= 11 is 5.24. The summed E-state index contributed by atoms with van der Waals surface area (Å²) in [7, 11) is 0. The second-order valence-corrected chi connectivity index (χ2v) is 5.76. The van der Waals surface area contributed by atoms with Crippen molar-refractivity contribution in [3.05, 3.63) is 83.3 Å². The van der Waals surface area contributed by atoms with E-state index in [0.29, 0.717) is 16.4 Å². The lowest BCUT2D eigenvalue weighted by Gasteiger charge is -2.02. The molecular formula is C19H14N4OS. The summed E-state index contributed by atoms with van der Waals surface area (Å²) < 4.78 is 7.31. The molecule has 0 saturated carbocycles. The van der Waals surface area contributed by atoms with Crippen molar-refractivity contribution in [1.82, 2.24) is 14.9 Å². The van der Waals surface area contributed by atoms with Gasteiger partial charge >= 0.3 is 0 Å². The summed E-state index contributed by atoms with van der Waals surface area (Å²) in [5.74, 6) is 1.14. The average molecular weight is 346 g/mol. The van der Waals surface area contributed by atoms with Gasteiger partial charge < -0.3 is 4.42 Å². The number of nitrogens with zero attached hydrogens (tertiary/aromatic N) is 3. The van der Waals surface area contributed by atoms with Gasteiger partial charge in [-0.1, -0.05) is 54.6 Å². The minimum absolute atomic E-state index is 0.406. The van der Waals surface area contributed by atoms with Gasteiger partial charge in [-0.25, -0.2) is 5.10 Å². The maximum absolute atomic E-state index is 5.37. The molecule has 6 heteroatoms. The predicted molar refractivity (Wildman–Crippen MR) is 100.0 cm³/mol. The number of nitrogens with one attached hydrogen (secondary N) is 1. The normalized spacial score (nSPS) is 11.2. The molecule has 0 aliphatic rings. The van der Waals surface area contributed by atoms with Gasteiger partial charge in [0.1, 0.15) is 0 Å². The Kier molecular flexibility index (Phi) is 4.10. The van der Waals surface area contributed by atoms with E-state index in [1.54, 1.807) is 23.2 Å². The molecule has 2 heterocycles. The molecule has 0 radical (unpaired) electrons. The second kappa shape index (κ2) is 6.70. The van der Waals surface area contributed by atoms with Crippen LogP contribution in [0.1, 0.15) is 5.56 Å². The Morgan fingerprint density at radius 1 is 0.960 bits per heavy atom. The van der Waals surface area contributed by atoms with Gasteiger partial charge in [-0.3, -0.25) is 0 Å². The number of hydrogen-bond donors (Lipinski definition) is 1. The Balaban J connectivity index is 1.61. The van der Waals surface area contributed by atoms with Crippen molar-refractivity contribution in [2.75, 3.05) is 0 Å². The summed E-state index contributed by atoms with van der Waals surface area (Å²) in [4.78, 5) is 0. The first-order valence-electron chi connectivity index (χ1n) is 7.72. The average Bonchev–Trinajstić information content (AvgIpc) is 3.31. The number of aromatic nitrogens is 3. The standard InChI is InChI=1S/C19H14N4OS/c25-19-22-21-18(17-7-4-12-24-17)23(19)20-13-14-8-10-16(11-9-14)15-5-2-1-3-6-15/h1-13H,(H,22,25)/b20-13-. The fourth-order valence-electron chi connectivity index (χ4n) is 2.48. The summed E-state index contributed by atoms with van der Waals surface area (Å²) in [6, 6.07) is 22.0. The zero-order valence-electron chi connectivity index (χ0n) is 13.2. The van der Waals surface area contributed by atoms with Gasteiger partial charge in [0.05, 0.1) is 12.5 Å². The Bertz CT molecular complexity index is 1050. The molecule has 0 aliphatic heterocycles. The van der Waals surface area contributed by atoms with Crippen molar-refractivity contribution < 1.29 is 4.42 Å². The molecule has 25 heavy (non-hydrogen) atoms. The molecular weight excluding hydrogens is 332 g/mol. The third-order valence-electron chi connectivity index (χ3n) is 3.73. The van der Waals surface area contributed by atoms with Crippen molar-refractivity contribution >= 4 is 18.4 Å². The molecule has 122 valence electrons. The molecule has 0 amide bonds. The number of rotatable bonds is 4. The lowest BCUT2D eigenvalue weighted by atomic mass is 10.0. The highest BCUT2D eigenvalue weighted by Crippen LogP contribution is 2.19. The molecule has 2 aromatic heterocycles. The molecule has 0 fully saturated rings. The zero-order chi connectivity index (χ0) is 17.1. The van der Waals surface area contributed by atoms with Crippen LogP contribution in [-0.4, -0.2) is 21.1 Å². The molecule has 1 N–H and O–H groups in total. The minimum atomic E-state index is 0.406. The number of furan rings is 1. The molecule has 0 bridgehead atoms. The molecule has 0 spiro atoms. The molecule has 0 unspecified atom stereocenters. The fourth-order valence-corrected chi connectivity index (χ4v) is 2.66. The molecule has 0 aliphatic carbocycles. The van der Waals surface area contributed by atoms with E-state index in [4.69, 9.17) is 16.6 Å². The van der Waals surface area contributed by atoms with E-state index in [-0.39, 0.29) is 0 Å². The quantitative estimate of drug-likeness (QED) is 0.428. The summed E-state index contributed by atoms with van der Waals surface area (Å²) in [5, 5.41) is 11.3. The van der Waals surface area contributed by atoms with E-state index in [2.05, 4.69) is 39.6 Å². The van der Waals surface area contributed by atoms with Gasteiger partial charge in [0.2, 0.25) is 10.6 Å². The topological polar surface area (TPSA) is 59.1 Å². The van der Waals surface area contributed by atoms with E-state index < -0.39 is 0 Å². The Morgan fingerprint density at radius 2 is 1.72 bits per heavy atom. The maximum atomic E-state index is 5.37. The predicted octanol–water partition coefficient (Wildman–Crippen LogP) is 4.75. The summed E-state index contributed by atoms with van der Waals surface area (Å²) in [6.07, 6.45) is 3.33. The van der Waals surface area contributed by atoms with Crippen LogP contribution in [0.15, 0.2) is 82.5 Å². The van der Waals surface area contributed by atoms with Gasteiger partial charge in [0.25, 0.3) is 0 Å². The van der Waals surface area contributed by atoms with E-state index in [1.807, 2.05) is 36.4 Å². The largest absolute Gasteiger partial charge is 0.461 e. The Labute approximate surface area is 149 Å². The van der Waals surface area contributed by atoms with Crippen molar-refractivity contribution in [1.29, 1.82) is 0 Å². The minimum Gasteiger partial charge on any atom is -0.461 e. The number of hydrogen-bond acceptors (Lipinski definition) is 4. The van der Waals surface area contributed by atoms with Crippen molar-refractivity contribution in [3.63, 3.8) is 0 Å². The molecule has 0 saturated heterocycles. The van der Waals surface area contributed by atoms with Crippen LogP contribution in [0.2, 0.25) is 0 Å². The van der Waals surface area contributed by atoms with Crippen LogP contribution in [0.5, 0.6) is 0 Å². The summed E-state index contributed by atoms with van der Waals surface area (Å²) in [6.45, 7) is 0. The number of benzene rings is 2. The Morgan fingerprint density at radius 3 is 2.44 bits per heavy atom. The third kappa shape index (κ3) is 3.20. The van der Waals surface area contributed by atoms with Crippen LogP contribution in [0.25, 0.3) is 22.7 Å². The molecule has 4 aromatic rings. The SMILES string of the molecule is S=c1[nH]nc(-c2ccco2)n1/N=C\c1ccc(-c2ccccc2)cc1. The van der Waals surface area contributed by atoms with Crippen molar-refractivity contribution in [3.8, 4) is 22.7 Å². The smallest absolute Gasteiger partial charge is 0.219 e. The van der Waals surface area contributed by atoms with E-state index >= 15 is 0 Å². The first-order valence-corrected chi connectivity index (χ1v) is 8.13. The van der Waals surface area contributed by atoms with E-state index in [9.17, 15) is 0 Å². The third-order valence-corrected chi connectivity index (χ3v) is 4.00. The van der Waals surface area contributed by atoms with Gasteiger partial charge in [-0.2, -0.15) is 9.78 Å². The first kappa shape index (κ1) is 15.3. The highest BCUT2D eigenvalue weighted by atomic mass is 32.1. The van der Waals surface area contributed by atoms with Gasteiger partial charge in [0.15, 0.2) is 5.76 Å². The van der Waals surface area contributed by atoms with Gasteiger partial charge in [-0.05, 0) is 41.0 Å². The van der Waals surface area contributed by atoms with E-state index in [0.717, 1.165) is 11.1 Å². The van der Waals surface area contributed by atoms with Gasteiger partial charge in [0, 0.05) is 0 Å². The van der Waals surface area contributed by atoms with Crippen LogP contribution in [0.4, 0.5) is 0 Å². The van der Waals surface area contributed by atoms with Gasteiger partial charge in [-0.15, -0.1) is 5.10 Å². The monoisotopic (exact) mass is 346 g/mol. The van der Waals surface area contributed by atoms with Crippen LogP contribution >= 0.6 is 12.2 Å². The molecule has 5 nitrogen and oxygen atoms in total. The zero-order valence-corrected chi connectivity index (χ0v) is 14.0. The lowest BCUT2D eigenvalue weighted by Crippen LogP contribution is -1.94. The molecule has 0 atom stereocenters. The Hall–Kier alpha value is -3.25. The molecule has 2 aromatic carbocycles. The highest BCUT2D eigenvalue weighted by molar-refractivity contribution is 7.71.